The van der Waals surface area contributed by atoms with Crippen LogP contribution in [0.25, 0.3) is 0 Å². The van der Waals surface area contributed by atoms with E-state index >= 15 is 0 Å². The molecule has 2 fully saturated rings. The lowest BCUT2D eigenvalue weighted by Gasteiger charge is -2.39. The Kier molecular flexibility index (Phi) is 4.09. The minimum absolute atomic E-state index is 0.00192. The number of ether oxygens (including phenoxy) is 2. The molecule has 0 saturated carbocycles. The zero-order valence-corrected chi connectivity index (χ0v) is 11.4. The molecule has 2 rings (SSSR count). The highest BCUT2D eigenvalue weighted by molar-refractivity contribution is 5.89. The van der Waals surface area contributed by atoms with Crippen molar-refractivity contribution < 1.29 is 19.4 Å². The van der Waals surface area contributed by atoms with Crippen LogP contribution in [0.1, 0.15) is 46.0 Å². The van der Waals surface area contributed by atoms with Gasteiger partial charge in [-0.25, -0.2) is 0 Å². The molecule has 0 aromatic rings. The van der Waals surface area contributed by atoms with Crippen LogP contribution in [-0.2, 0) is 14.3 Å². The Bertz CT molecular complexity index is 303. The zero-order chi connectivity index (χ0) is 13.2. The van der Waals surface area contributed by atoms with Crippen LogP contribution < -0.4 is 0 Å². The number of hydrogen-bond donors (Lipinski definition) is 1. The quantitative estimate of drug-likeness (QED) is 0.831. The van der Waals surface area contributed by atoms with E-state index in [1.165, 1.54) is 0 Å². The van der Waals surface area contributed by atoms with Crippen molar-refractivity contribution in [3.05, 3.63) is 0 Å². The molecule has 2 saturated heterocycles. The molecule has 1 N–H and O–H groups in total. The van der Waals surface area contributed by atoms with Crippen LogP contribution in [0.3, 0.4) is 0 Å². The van der Waals surface area contributed by atoms with Crippen molar-refractivity contribution >= 4 is 5.78 Å². The van der Waals surface area contributed by atoms with Crippen LogP contribution in [-0.4, -0.2) is 41.9 Å². The van der Waals surface area contributed by atoms with Gasteiger partial charge in [-0.1, -0.05) is 13.8 Å². The molecule has 0 bridgehead atoms. The molecule has 1 spiro atoms. The van der Waals surface area contributed by atoms with E-state index in [4.69, 9.17) is 9.47 Å². The van der Waals surface area contributed by atoms with Gasteiger partial charge in [-0.15, -0.1) is 0 Å². The predicted octanol–water partition coefficient (Wildman–Crippen LogP) is 1.69. The van der Waals surface area contributed by atoms with Crippen LogP contribution >= 0.6 is 0 Å². The molecule has 104 valence electrons. The van der Waals surface area contributed by atoms with Gasteiger partial charge in [0.15, 0.2) is 5.78 Å². The number of rotatable bonds is 4. The van der Waals surface area contributed by atoms with E-state index in [0.29, 0.717) is 39.1 Å². The van der Waals surface area contributed by atoms with Crippen LogP contribution in [0.2, 0.25) is 0 Å². The highest BCUT2D eigenvalue weighted by Gasteiger charge is 2.46. The number of Topliss-reactive ketones (excluding diaryl/α,β-unsaturated/α-hetero) is 1. The Morgan fingerprint density at radius 3 is 2.67 bits per heavy atom. The fourth-order valence-corrected chi connectivity index (χ4v) is 3.09. The molecule has 18 heavy (non-hydrogen) atoms. The van der Waals surface area contributed by atoms with E-state index in [-0.39, 0.29) is 17.3 Å². The zero-order valence-electron chi connectivity index (χ0n) is 11.4. The SMILES string of the molecule is CCC(O)(CC)C(=O)C1CCOC2(CCOC2)C1. The smallest absolute Gasteiger partial charge is 0.167 e. The molecule has 0 amide bonds. The van der Waals surface area contributed by atoms with Crippen LogP contribution in [0.5, 0.6) is 0 Å². The van der Waals surface area contributed by atoms with Gasteiger partial charge in [0.2, 0.25) is 0 Å². The Morgan fingerprint density at radius 1 is 1.39 bits per heavy atom. The minimum Gasteiger partial charge on any atom is -0.382 e. The molecule has 2 heterocycles. The summed E-state index contributed by atoms with van der Waals surface area (Å²) in [6, 6.07) is 0. The maximum absolute atomic E-state index is 12.5. The molecular formula is C14H24O4. The van der Waals surface area contributed by atoms with Gasteiger partial charge in [0.1, 0.15) is 5.60 Å². The van der Waals surface area contributed by atoms with E-state index in [1.54, 1.807) is 0 Å². The minimum atomic E-state index is -1.15. The molecule has 2 aliphatic heterocycles. The normalized spacial score (nSPS) is 32.9. The third-order valence-electron chi connectivity index (χ3n) is 4.56. The number of hydrogen-bond acceptors (Lipinski definition) is 4. The summed E-state index contributed by atoms with van der Waals surface area (Å²) in [5.41, 5.74) is -1.41. The largest absolute Gasteiger partial charge is 0.382 e. The second kappa shape index (κ2) is 5.27. The van der Waals surface area contributed by atoms with Crippen molar-refractivity contribution in [1.82, 2.24) is 0 Å². The fourth-order valence-electron chi connectivity index (χ4n) is 3.09. The van der Waals surface area contributed by atoms with Crippen molar-refractivity contribution in [2.45, 2.75) is 57.2 Å². The molecule has 0 aromatic carbocycles. The van der Waals surface area contributed by atoms with E-state index < -0.39 is 5.60 Å². The first-order chi connectivity index (χ1) is 8.55. The summed E-state index contributed by atoms with van der Waals surface area (Å²) in [6.07, 6.45) is 3.27. The summed E-state index contributed by atoms with van der Waals surface area (Å²) < 4.78 is 11.2. The van der Waals surface area contributed by atoms with Crippen molar-refractivity contribution in [2.75, 3.05) is 19.8 Å². The van der Waals surface area contributed by atoms with Crippen molar-refractivity contribution in [3.8, 4) is 0 Å². The van der Waals surface area contributed by atoms with Crippen LogP contribution in [0.4, 0.5) is 0 Å². The summed E-state index contributed by atoms with van der Waals surface area (Å²) in [4.78, 5) is 12.5. The topological polar surface area (TPSA) is 55.8 Å². The summed E-state index contributed by atoms with van der Waals surface area (Å²) in [5, 5.41) is 10.4. The van der Waals surface area contributed by atoms with E-state index in [0.717, 1.165) is 12.8 Å². The summed E-state index contributed by atoms with van der Waals surface area (Å²) in [7, 11) is 0. The van der Waals surface area contributed by atoms with Gasteiger partial charge in [0.05, 0.1) is 12.2 Å². The predicted molar refractivity (Wildman–Crippen MR) is 67.4 cm³/mol. The fraction of sp³-hybridized carbons (Fsp3) is 0.929. The van der Waals surface area contributed by atoms with Crippen LogP contribution in [0, 0.1) is 5.92 Å². The summed E-state index contributed by atoms with van der Waals surface area (Å²) in [5.74, 6) is -0.0765. The summed E-state index contributed by atoms with van der Waals surface area (Å²) >= 11 is 0. The molecule has 2 atom stereocenters. The third-order valence-corrected chi connectivity index (χ3v) is 4.56. The standard InChI is InChI=1S/C14H24O4/c1-3-14(16,4-2)12(15)11-5-7-18-13(9-11)6-8-17-10-13/h11,16H,3-10H2,1-2H3. The van der Waals surface area contributed by atoms with Crippen molar-refractivity contribution in [1.29, 1.82) is 0 Å². The number of carbonyl (C=O) groups excluding carboxylic acids is 1. The molecular weight excluding hydrogens is 232 g/mol. The molecule has 4 nitrogen and oxygen atoms in total. The van der Waals surface area contributed by atoms with E-state index in [1.807, 2.05) is 13.8 Å². The maximum Gasteiger partial charge on any atom is 0.167 e. The Labute approximate surface area is 109 Å². The first-order valence-corrected chi connectivity index (χ1v) is 7.04. The van der Waals surface area contributed by atoms with Gasteiger partial charge in [-0.3, -0.25) is 4.79 Å². The molecule has 2 unspecified atom stereocenters. The van der Waals surface area contributed by atoms with Gasteiger partial charge in [-0.05, 0) is 25.7 Å². The van der Waals surface area contributed by atoms with E-state index in [9.17, 15) is 9.90 Å². The first-order valence-electron chi connectivity index (χ1n) is 7.04. The lowest BCUT2D eigenvalue weighted by atomic mass is 9.76. The van der Waals surface area contributed by atoms with Gasteiger partial charge in [0.25, 0.3) is 0 Å². The summed E-state index contributed by atoms with van der Waals surface area (Å²) in [6.45, 7) is 5.65. The van der Waals surface area contributed by atoms with Gasteiger partial charge in [0, 0.05) is 25.6 Å². The van der Waals surface area contributed by atoms with Crippen molar-refractivity contribution in [2.24, 2.45) is 5.92 Å². The lowest BCUT2D eigenvalue weighted by Crippen LogP contribution is -2.48. The highest BCUT2D eigenvalue weighted by Crippen LogP contribution is 2.38. The molecule has 4 heteroatoms. The number of aliphatic hydroxyl groups is 1. The molecule has 0 aromatic heterocycles. The Morgan fingerprint density at radius 2 is 2.11 bits per heavy atom. The van der Waals surface area contributed by atoms with Gasteiger partial charge in [-0.2, -0.15) is 0 Å². The average Bonchev–Trinajstić information content (AvgIpc) is 2.85. The monoisotopic (exact) mass is 256 g/mol. The Hall–Kier alpha value is -0.450. The highest BCUT2D eigenvalue weighted by atomic mass is 16.6. The van der Waals surface area contributed by atoms with Gasteiger partial charge >= 0.3 is 0 Å². The number of ketones is 1. The first kappa shape index (κ1) is 14.0. The van der Waals surface area contributed by atoms with Gasteiger partial charge < -0.3 is 14.6 Å². The van der Waals surface area contributed by atoms with E-state index in [2.05, 4.69) is 0 Å². The Balaban J connectivity index is 2.06. The second-order valence-electron chi connectivity index (χ2n) is 5.63. The maximum atomic E-state index is 12.5. The lowest BCUT2D eigenvalue weighted by molar-refractivity contribution is -0.154. The molecule has 0 aliphatic carbocycles. The van der Waals surface area contributed by atoms with Crippen LogP contribution in [0.15, 0.2) is 0 Å². The third kappa shape index (κ3) is 2.46. The molecule has 2 aliphatic rings. The second-order valence-corrected chi connectivity index (χ2v) is 5.63. The molecule has 0 radical (unpaired) electrons. The number of carbonyl (C=O) groups is 1. The average molecular weight is 256 g/mol. The van der Waals surface area contributed by atoms with Crippen molar-refractivity contribution in [3.63, 3.8) is 0 Å².